The lowest BCUT2D eigenvalue weighted by Crippen LogP contribution is -2.56. The highest BCUT2D eigenvalue weighted by Crippen LogP contribution is 2.32. The van der Waals surface area contributed by atoms with Crippen LogP contribution in [0.3, 0.4) is 0 Å². The molecule has 0 spiro atoms. The Morgan fingerprint density at radius 3 is 2.13 bits per heavy atom. The fourth-order valence-electron chi connectivity index (χ4n) is 1.92. The highest BCUT2D eigenvalue weighted by Gasteiger charge is 2.42. The van der Waals surface area contributed by atoms with Crippen molar-refractivity contribution in [2.24, 2.45) is 0 Å². The topological polar surface area (TPSA) is 95.9 Å². The summed E-state index contributed by atoms with van der Waals surface area (Å²) >= 11 is 4.56. The normalized spacial score (nSPS) is 18.9. The Kier molecular flexibility index (Phi) is 8.38. The molecule has 0 saturated carbocycles. The van der Waals surface area contributed by atoms with Crippen molar-refractivity contribution >= 4 is 31.0 Å². The van der Waals surface area contributed by atoms with E-state index < -0.39 is 28.9 Å². The van der Waals surface area contributed by atoms with E-state index in [1.165, 1.54) is 7.11 Å². The first-order valence-corrected chi connectivity index (χ1v) is 6.91. The first kappa shape index (κ1) is 21.5. The monoisotopic (exact) mass is 360 g/mol. The minimum Gasteiger partial charge on any atom is -0.475 e. The minimum atomic E-state index is -5.08. The van der Waals surface area contributed by atoms with Crippen molar-refractivity contribution in [2.45, 2.75) is 29.8 Å². The average molecular weight is 360 g/mol. The summed E-state index contributed by atoms with van der Waals surface area (Å²) in [5.41, 5.74) is 0. The number of hydrogen-bond acceptors (Lipinski definition) is 6. The number of carboxylic acids is 1. The average Bonchev–Trinajstić information content (AvgIpc) is 2.47. The number of carbonyl (C=O) groups is 3. The Morgan fingerprint density at radius 2 is 1.83 bits per heavy atom. The van der Waals surface area contributed by atoms with Crippen LogP contribution in [0.2, 0.25) is 0 Å². The maximum absolute atomic E-state index is 11.6. The Balaban J connectivity index is 0.000000585. The molecule has 11 heteroatoms. The molecule has 0 aromatic heterocycles. The molecule has 1 amide bonds. The maximum Gasteiger partial charge on any atom is 0.490 e. The first-order valence-electron chi connectivity index (χ1n) is 6.46. The van der Waals surface area contributed by atoms with Gasteiger partial charge in [0.1, 0.15) is 6.04 Å². The van der Waals surface area contributed by atoms with Crippen molar-refractivity contribution in [3.05, 3.63) is 0 Å². The SMILES string of the molecule is COC(=O)C(NC=O)C1(S)CCN(C)CC1.O=C(O)C(F)(F)F. The van der Waals surface area contributed by atoms with Gasteiger partial charge in [0.2, 0.25) is 6.41 Å². The van der Waals surface area contributed by atoms with Crippen LogP contribution >= 0.6 is 12.6 Å². The van der Waals surface area contributed by atoms with E-state index in [2.05, 4.69) is 27.6 Å². The number of esters is 1. The van der Waals surface area contributed by atoms with Crippen LogP contribution in [0.25, 0.3) is 0 Å². The van der Waals surface area contributed by atoms with E-state index >= 15 is 0 Å². The molecule has 23 heavy (non-hydrogen) atoms. The summed E-state index contributed by atoms with van der Waals surface area (Å²) in [5, 5.41) is 9.63. The molecule has 2 N–H and O–H groups in total. The number of hydrogen-bond donors (Lipinski definition) is 3. The Hall–Kier alpha value is -1.49. The molecular formula is C12H19F3N2O5S. The number of aliphatic carboxylic acids is 1. The van der Waals surface area contributed by atoms with Crippen LogP contribution in [0.5, 0.6) is 0 Å². The van der Waals surface area contributed by atoms with E-state index in [0.29, 0.717) is 6.41 Å². The third kappa shape index (κ3) is 7.08. The first-order chi connectivity index (χ1) is 10.5. The van der Waals surface area contributed by atoms with Gasteiger partial charge in [0.05, 0.1) is 7.11 Å². The van der Waals surface area contributed by atoms with Crippen LogP contribution in [0.1, 0.15) is 12.8 Å². The number of carboxylic acid groups (broad SMARTS) is 1. The summed E-state index contributed by atoms with van der Waals surface area (Å²) in [6.45, 7) is 1.72. The van der Waals surface area contributed by atoms with Crippen LogP contribution in [-0.4, -0.2) is 72.6 Å². The van der Waals surface area contributed by atoms with E-state index in [1.54, 1.807) is 0 Å². The number of ether oxygens (including phenoxy) is 1. The molecule has 1 atom stereocenters. The third-order valence-corrected chi connectivity index (χ3v) is 4.01. The van der Waals surface area contributed by atoms with Gasteiger partial charge in [-0.1, -0.05) is 0 Å². The summed E-state index contributed by atoms with van der Waals surface area (Å²) in [7, 11) is 3.33. The molecule has 1 rings (SSSR count). The molecule has 0 radical (unpaired) electrons. The van der Waals surface area contributed by atoms with Crippen molar-refractivity contribution < 1.29 is 37.4 Å². The predicted molar refractivity (Wildman–Crippen MR) is 77.1 cm³/mol. The van der Waals surface area contributed by atoms with Crippen LogP contribution in [0.4, 0.5) is 13.2 Å². The van der Waals surface area contributed by atoms with Crippen molar-refractivity contribution in [1.29, 1.82) is 0 Å². The Morgan fingerprint density at radius 1 is 1.39 bits per heavy atom. The Bertz CT molecular complexity index is 425. The maximum atomic E-state index is 11.6. The van der Waals surface area contributed by atoms with E-state index in [1.807, 2.05) is 7.05 Å². The van der Waals surface area contributed by atoms with Gasteiger partial charge in [-0.2, -0.15) is 25.8 Å². The molecule has 1 saturated heterocycles. The molecule has 1 aliphatic heterocycles. The van der Waals surface area contributed by atoms with Crippen molar-refractivity contribution in [2.75, 3.05) is 27.2 Å². The number of methoxy groups -OCH3 is 1. The zero-order valence-electron chi connectivity index (χ0n) is 12.6. The van der Waals surface area contributed by atoms with E-state index in [-0.39, 0.29) is 0 Å². The molecule has 1 aliphatic rings. The number of alkyl halides is 3. The second-order valence-electron chi connectivity index (χ2n) is 4.95. The summed E-state index contributed by atoms with van der Waals surface area (Å²) in [5.74, 6) is -3.20. The molecule has 1 heterocycles. The number of halogens is 3. The number of amides is 1. The number of likely N-dealkylation sites (tertiary alicyclic amines) is 1. The molecular weight excluding hydrogens is 341 g/mol. The fraction of sp³-hybridized carbons (Fsp3) is 0.750. The van der Waals surface area contributed by atoms with Gasteiger partial charge in [-0.15, -0.1) is 0 Å². The molecule has 1 fully saturated rings. The van der Waals surface area contributed by atoms with Gasteiger partial charge >= 0.3 is 18.1 Å². The lowest BCUT2D eigenvalue weighted by molar-refractivity contribution is -0.192. The van der Waals surface area contributed by atoms with Crippen molar-refractivity contribution in [1.82, 2.24) is 10.2 Å². The van der Waals surface area contributed by atoms with Gasteiger partial charge in [0.25, 0.3) is 0 Å². The highest BCUT2D eigenvalue weighted by molar-refractivity contribution is 7.82. The zero-order chi connectivity index (χ0) is 18.3. The smallest absolute Gasteiger partial charge is 0.475 e. The lowest BCUT2D eigenvalue weighted by Gasteiger charge is -2.40. The second kappa shape index (κ2) is 8.96. The lowest BCUT2D eigenvalue weighted by atomic mass is 9.88. The molecule has 0 aliphatic carbocycles. The highest BCUT2D eigenvalue weighted by atomic mass is 32.1. The van der Waals surface area contributed by atoms with Gasteiger partial charge in [-0.05, 0) is 33.0 Å². The van der Waals surface area contributed by atoms with Gasteiger partial charge in [-0.3, -0.25) is 4.79 Å². The number of piperidine rings is 1. The van der Waals surface area contributed by atoms with Crippen LogP contribution in [-0.2, 0) is 19.1 Å². The Labute approximate surface area is 136 Å². The predicted octanol–water partition coefficient (Wildman–Crippen LogP) is 0.301. The van der Waals surface area contributed by atoms with Gasteiger partial charge in [-0.25, -0.2) is 9.59 Å². The number of rotatable bonds is 4. The van der Waals surface area contributed by atoms with Gasteiger partial charge in [0.15, 0.2) is 0 Å². The summed E-state index contributed by atoms with van der Waals surface area (Å²) in [6.07, 6.45) is -3.07. The second-order valence-corrected chi connectivity index (χ2v) is 5.84. The van der Waals surface area contributed by atoms with Crippen molar-refractivity contribution in [3.63, 3.8) is 0 Å². The van der Waals surface area contributed by atoms with Crippen molar-refractivity contribution in [3.8, 4) is 0 Å². The van der Waals surface area contributed by atoms with Gasteiger partial charge < -0.3 is 20.1 Å². The fourth-order valence-corrected chi connectivity index (χ4v) is 2.30. The van der Waals surface area contributed by atoms with Crippen LogP contribution in [0.15, 0.2) is 0 Å². The molecule has 134 valence electrons. The number of thiol groups is 1. The summed E-state index contributed by atoms with van der Waals surface area (Å²) in [4.78, 5) is 33.2. The number of nitrogens with zero attached hydrogens (tertiary/aromatic N) is 1. The van der Waals surface area contributed by atoms with E-state index in [9.17, 15) is 22.8 Å². The molecule has 1 unspecified atom stereocenters. The number of nitrogens with one attached hydrogen (secondary N) is 1. The van der Waals surface area contributed by atoms with E-state index in [4.69, 9.17) is 9.90 Å². The molecule has 0 aromatic rings. The van der Waals surface area contributed by atoms with E-state index in [0.717, 1.165) is 25.9 Å². The summed E-state index contributed by atoms with van der Waals surface area (Å²) < 4.78 is 35.9. The third-order valence-electron chi connectivity index (χ3n) is 3.30. The zero-order valence-corrected chi connectivity index (χ0v) is 13.5. The molecule has 0 aromatic carbocycles. The van der Waals surface area contributed by atoms with Gasteiger partial charge in [0, 0.05) is 4.75 Å². The standard InChI is InChI=1S/C10H18N2O3S.C2HF3O2/c1-12-5-3-10(16,4-6-12)8(11-7-13)9(14)15-2;3-2(4,5)1(6)7/h7-8,16H,3-6H2,1-2H3,(H,11,13);(H,6,7). The molecule has 0 bridgehead atoms. The molecule has 7 nitrogen and oxygen atoms in total. The summed E-state index contributed by atoms with van der Waals surface area (Å²) in [6, 6.07) is -0.674. The van der Waals surface area contributed by atoms with Crippen LogP contribution < -0.4 is 5.32 Å². The quantitative estimate of drug-likeness (QED) is 0.379. The largest absolute Gasteiger partial charge is 0.490 e. The minimum absolute atomic E-state index is 0.438. The number of carbonyl (C=O) groups excluding carboxylic acids is 2. The van der Waals surface area contributed by atoms with Crippen LogP contribution in [0, 0.1) is 0 Å².